The van der Waals surface area contributed by atoms with Gasteiger partial charge >= 0.3 is 12.1 Å². The molecule has 3 aliphatic carbocycles. The van der Waals surface area contributed by atoms with Crippen molar-refractivity contribution in [1.29, 1.82) is 0 Å². The molecule has 0 aromatic heterocycles. The lowest BCUT2D eigenvalue weighted by Gasteiger charge is -2.39. The minimum Gasteiger partial charge on any atom is -0.481 e. The maximum absolute atomic E-state index is 13.3. The van der Waals surface area contributed by atoms with Crippen LogP contribution in [0.15, 0.2) is 48.5 Å². The second kappa shape index (κ2) is 9.36. The number of carbonyl (C=O) groups is 3. The topological polar surface area (TPSA) is 105 Å². The summed E-state index contributed by atoms with van der Waals surface area (Å²) in [5.74, 6) is -1.24. The van der Waals surface area contributed by atoms with Gasteiger partial charge in [-0.25, -0.2) is 4.79 Å². The molecule has 3 N–H and O–H groups in total. The van der Waals surface area contributed by atoms with Gasteiger partial charge in [-0.3, -0.25) is 9.59 Å². The molecular formula is C28H32N2O5. The van der Waals surface area contributed by atoms with E-state index >= 15 is 0 Å². The fourth-order valence-corrected chi connectivity index (χ4v) is 5.93. The van der Waals surface area contributed by atoms with E-state index < -0.39 is 17.6 Å². The number of hydrogen-bond donors (Lipinski definition) is 3. The number of rotatable bonds is 7. The van der Waals surface area contributed by atoms with Gasteiger partial charge in [0.05, 0.1) is 5.92 Å². The minimum atomic E-state index is -1.03. The van der Waals surface area contributed by atoms with E-state index in [2.05, 4.69) is 41.8 Å². The minimum absolute atomic E-state index is 0.0380. The van der Waals surface area contributed by atoms with Gasteiger partial charge in [-0.15, -0.1) is 0 Å². The predicted octanol–water partition coefficient (Wildman–Crippen LogP) is 4.31. The highest BCUT2D eigenvalue weighted by molar-refractivity contribution is 5.90. The molecule has 0 heterocycles. The highest BCUT2D eigenvalue weighted by Gasteiger charge is 2.46. The SMILES string of the molecule is CC1CCCC(NC(=O)OCC2c3ccccc3-c3ccccc32)(C(=O)NCC2CC2C(=O)O)C1. The number of hydrogen-bond acceptors (Lipinski definition) is 4. The number of carboxylic acids is 1. The summed E-state index contributed by atoms with van der Waals surface area (Å²) in [6, 6.07) is 16.3. The molecule has 7 heteroatoms. The van der Waals surface area contributed by atoms with Crippen molar-refractivity contribution in [3.8, 4) is 11.1 Å². The molecule has 2 aromatic carbocycles. The lowest BCUT2D eigenvalue weighted by Crippen LogP contribution is -2.61. The Balaban J connectivity index is 1.25. The van der Waals surface area contributed by atoms with Crippen LogP contribution in [0.2, 0.25) is 0 Å². The smallest absolute Gasteiger partial charge is 0.408 e. The van der Waals surface area contributed by atoms with Crippen LogP contribution in [0.25, 0.3) is 11.1 Å². The number of carboxylic acid groups (broad SMARTS) is 1. The molecule has 184 valence electrons. The van der Waals surface area contributed by atoms with Gasteiger partial charge in [-0.2, -0.15) is 0 Å². The molecule has 7 nitrogen and oxygen atoms in total. The number of amides is 2. The van der Waals surface area contributed by atoms with Gasteiger partial charge in [0.25, 0.3) is 0 Å². The normalized spacial score (nSPS) is 26.8. The highest BCUT2D eigenvalue weighted by atomic mass is 16.5. The monoisotopic (exact) mass is 476 g/mol. The molecule has 2 fully saturated rings. The first-order chi connectivity index (χ1) is 16.9. The summed E-state index contributed by atoms with van der Waals surface area (Å²) < 4.78 is 5.73. The number of benzene rings is 2. The van der Waals surface area contributed by atoms with Gasteiger partial charge in [0.1, 0.15) is 12.1 Å². The summed E-state index contributed by atoms with van der Waals surface area (Å²) >= 11 is 0. The zero-order valence-corrected chi connectivity index (χ0v) is 20.0. The molecule has 5 rings (SSSR count). The number of fused-ring (bicyclic) bond motifs is 3. The molecule has 2 saturated carbocycles. The second-order valence-corrected chi connectivity index (χ2v) is 10.4. The second-order valence-electron chi connectivity index (χ2n) is 10.4. The summed E-state index contributed by atoms with van der Waals surface area (Å²) in [5.41, 5.74) is 3.56. The Labute approximate surface area is 205 Å². The molecule has 35 heavy (non-hydrogen) atoms. The third-order valence-corrected chi connectivity index (χ3v) is 7.88. The first kappa shape index (κ1) is 23.4. The molecule has 2 aromatic rings. The molecular weight excluding hydrogens is 444 g/mol. The Morgan fingerprint density at radius 3 is 2.31 bits per heavy atom. The molecule has 0 radical (unpaired) electrons. The molecule has 4 atom stereocenters. The van der Waals surface area contributed by atoms with Crippen molar-refractivity contribution in [2.24, 2.45) is 17.8 Å². The van der Waals surface area contributed by atoms with Crippen molar-refractivity contribution in [2.75, 3.05) is 13.2 Å². The molecule has 0 spiro atoms. The molecule has 0 bridgehead atoms. The Bertz CT molecular complexity index is 1100. The number of carbonyl (C=O) groups excluding carboxylic acids is 2. The maximum Gasteiger partial charge on any atom is 0.408 e. The van der Waals surface area contributed by atoms with Crippen molar-refractivity contribution < 1.29 is 24.2 Å². The summed E-state index contributed by atoms with van der Waals surface area (Å²) in [5, 5.41) is 15.0. The van der Waals surface area contributed by atoms with E-state index in [9.17, 15) is 14.4 Å². The largest absolute Gasteiger partial charge is 0.481 e. The Hall–Kier alpha value is -3.35. The van der Waals surface area contributed by atoms with Crippen LogP contribution in [0.5, 0.6) is 0 Å². The van der Waals surface area contributed by atoms with Crippen LogP contribution < -0.4 is 10.6 Å². The van der Waals surface area contributed by atoms with Gasteiger partial charge < -0.3 is 20.5 Å². The predicted molar refractivity (Wildman–Crippen MR) is 131 cm³/mol. The fraction of sp³-hybridized carbons (Fsp3) is 0.464. The van der Waals surface area contributed by atoms with Crippen LogP contribution >= 0.6 is 0 Å². The number of alkyl carbamates (subject to hydrolysis) is 1. The van der Waals surface area contributed by atoms with E-state index in [1.54, 1.807) is 0 Å². The molecule has 0 aliphatic heterocycles. The van der Waals surface area contributed by atoms with Crippen LogP contribution in [-0.2, 0) is 14.3 Å². The average molecular weight is 477 g/mol. The van der Waals surface area contributed by atoms with E-state index in [1.165, 1.54) is 0 Å². The number of aliphatic carboxylic acids is 1. The number of ether oxygens (including phenoxy) is 1. The van der Waals surface area contributed by atoms with E-state index in [4.69, 9.17) is 9.84 Å². The van der Waals surface area contributed by atoms with Gasteiger partial charge in [-0.05, 0) is 53.4 Å². The van der Waals surface area contributed by atoms with Crippen LogP contribution in [0.4, 0.5) is 4.79 Å². The van der Waals surface area contributed by atoms with E-state index in [0.717, 1.165) is 35.1 Å². The van der Waals surface area contributed by atoms with Crippen LogP contribution in [0, 0.1) is 17.8 Å². The number of nitrogens with one attached hydrogen (secondary N) is 2. The zero-order chi connectivity index (χ0) is 24.6. The Kier molecular flexibility index (Phi) is 6.26. The lowest BCUT2D eigenvalue weighted by molar-refractivity contribution is -0.139. The summed E-state index contributed by atoms with van der Waals surface area (Å²) in [7, 11) is 0. The maximum atomic E-state index is 13.3. The van der Waals surface area contributed by atoms with Crippen LogP contribution in [0.3, 0.4) is 0 Å². The molecule has 2 amide bonds. The third-order valence-electron chi connectivity index (χ3n) is 7.88. The van der Waals surface area contributed by atoms with Crippen molar-refractivity contribution in [2.45, 2.75) is 50.5 Å². The third kappa shape index (κ3) is 4.64. The van der Waals surface area contributed by atoms with Crippen LogP contribution in [-0.4, -0.2) is 41.8 Å². The first-order valence-electron chi connectivity index (χ1n) is 12.5. The van der Waals surface area contributed by atoms with Crippen molar-refractivity contribution in [3.05, 3.63) is 59.7 Å². The highest BCUT2D eigenvalue weighted by Crippen LogP contribution is 2.44. The van der Waals surface area contributed by atoms with Gasteiger partial charge in [0.2, 0.25) is 5.91 Å². The summed E-state index contributed by atoms with van der Waals surface area (Å²) in [4.78, 5) is 37.4. The molecule has 4 unspecified atom stereocenters. The first-order valence-corrected chi connectivity index (χ1v) is 12.5. The fourth-order valence-electron chi connectivity index (χ4n) is 5.93. The molecule has 3 aliphatic rings. The summed E-state index contributed by atoms with van der Waals surface area (Å²) in [6.07, 6.45) is 2.91. The van der Waals surface area contributed by atoms with Crippen LogP contribution in [0.1, 0.15) is 56.1 Å². The van der Waals surface area contributed by atoms with E-state index in [1.807, 2.05) is 24.3 Å². The zero-order valence-electron chi connectivity index (χ0n) is 20.0. The standard InChI is InChI=1S/C28H32N2O5/c1-17-7-6-12-28(14-17,26(33)29-15-18-13-23(18)25(31)32)30-27(34)35-16-24-21-10-4-2-8-19(21)20-9-3-5-11-22(20)24/h2-5,8-11,17-18,23-24H,6-7,12-16H2,1H3,(H,29,33)(H,30,34)(H,31,32). The Morgan fingerprint density at radius 2 is 1.71 bits per heavy atom. The lowest BCUT2D eigenvalue weighted by atomic mass is 9.75. The molecule has 0 saturated heterocycles. The van der Waals surface area contributed by atoms with Crippen molar-refractivity contribution in [3.63, 3.8) is 0 Å². The van der Waals surface area contributed by atoms with Gasteiger partial charge in [0, 0.05) is 12.5 Å². The van der Waals surface area contributed by atoms with E-state index in [-0.39, 0.29) is 36.2 Å². The van der Waals surface area contributed by atoms with Gasteiger partial charge in [-0.1, -0.05) is 68.3 Å². The van der Waals surface area contributed by atoms with Crippen molar-refractivity contribution >= 4 is 18.0 Å². The van der Waals surface area contributed by atoms with Crippen molar-refractivity contribution in [1.82, 2.24) is 10.6 Å². The average Bonchev–Trinajstić information content (AvgIpc) is 3.57. The van der Waals surface area contributed by atoms with Gasteiger partial charge in [0.15, 0.2) is 0 Å². The van der Waals surface area contributed by atoms with E-state index in [0.29, 0.717) is 25.8 Å². The quantitative estimate of drug-likeness (QED) is 0.552. The Morgan fingerprint density at radius 1 is 1.06 bits per heavy atom. The summed E-state index contributed by atoms with van der Waals surface area (Å²) in [6.45, 7) is 2.59.